The first-order valence-corrected chi connectivity index (χ1v) is 11.7. The quantitative estimate of drug-likeness (QED) is 0.557. The van der Waals surface area contributed by atoms with Crippen molar-refractivity contribution in [1.82, 2.24) is 14.1 Å². The molecule has 0 atom stereocenters. The third-order valence-electron chi connectivity index (χ3n) is 7.32. The molecule has 34 heavy (non-hydrogen) atoms. The number of rotatable bonds is 3. The normalized spacial score (nSPS) is 20.2. The first kappa shape index (κ1) is 23.0. The molecule has 2 aliphatic rings. The first-order chi connectivity index (χ1) is 16.1. The standard InChI is InChI=1S/C25H28BFN3O4/c1-24(2)25(3,4)34-26(33-24)16-9-8-12-19(13-16)29-21-20(14-17(27)15-28-21)22(31)30(23(29)32)18-10-6-5-7-11-18/h5,8-9,12-15,18H,6-7,10-11H2,1-4H3. The molecule has 0 amide bonds. The van der Waals surface area contributed by atoms with Gasteiger partial charge in [-0.05, 0) is 83.5 Å². The smallest absolute Gasteiger partial charge is 0.399 e. The Hall–Kier alpha value is -2.78. The summed E-state index contributed by atoms with van der Waals surface area (Å²) >= 11 is 0. The average Bonchev–Trinajstić information content (AvgIpc) is 3.02. The summed E-state index contributed by atoms with van der Waals surface area (Å²) in [5.41, 5.74) is -0.628. The van der Waals surface area contributed by atoms with Crippen LogP contribution in [0, 0.1) is 12.2 Å². The fourth-order valence-electron chi connectivity index (χ4n) is 4.69. The van der Waals surface area contributed by atoms with Crippen LogP contribution >= 0.6 is 0 Å². The second-order valence-corrected chi connectivity index (χ2v) is 10.1. The molecule has 0 unspecified atom stereocenters. The maximum atomic E-state index is 14.1. The van der Waals surface area contributed by atoms with E-state index in [4.69, 9.17) is 9.31 Å². The van der Waals surface area contributed by atoms with Gasteiger partial charge in [0.2, 0.25) is 0 Å². The van der Waals surface area contributed by atoms with Crippen LogP contribution in [0.3, 0.4) is 0 Å². The van der Waals surface area contributed by atoms with Crippen LogP contribution in [0.5, 0.6) is 0 Å². The Morgan fingerprint density at radius 1 is 1.06 bits per heavy atom. The van der Waals surface area contributed by atoms with Crippen molar-refractivity contribution in [1.29, 1.82) is 0 Å². The molecule has 0 N–H and O–H groups in total. The fraction of sp³-hybridized carbons (Fsp3) is 0.440. The number of hydrogen-bond donors (Lipinski definition) is 0. The van der Waals surface area contributed by atoms with Gasteiger partial charge in [0.1, 0.15) is 5.82 Å². The van der Waals surface area contributed by atoms with Crippen molar-refractivity contribution in [2.45, 2.75) is 70.6 Å². The van der Waals surface area contributed by atoms with E-state index < -0.39 is 35.4 Å². The summed E-state index contributed by atoms with van der Waals surface area (Å²) in [4.78, 5) is 31.2. The topological polar surface area (TPSA) is 75.4 Å². The minimum absolute atomic E-state index is 0.0789. The molecule has 1 aliphatic heterocycles. The lowest BCUT2D eigenvalue weighted by molar-refractivity contribution is 0.00578. The highest BCUT2D eigenvalue weighted by Gasteiger charge is 2.51. The Bertz CT molecular complexity index is 1360. The molecule has 0 bridgehead atoms. The minimum atomic E-state index is -0.621. The van der Waals surface area contributed by atoms with Crippen molar-refractivity contribution in [3.8, 4) is 5.69 Å². The van der Waals surface area contributed by atoms with Crippen LogP contribution in [0.25, 0.3) is 16.7 Å². The Morgan fingerprint density at radius 2 is 1.74 bits per heavy atom. The SMILES string of the molecule is CC1(C)OB(c2cccc(-n3c(=O)n(C4CC[CH]CC4)c(=O)c4cc(F)cnc43)c2)OC1(C)C. The zero-order chi connectivity index (χ0) is 24.3. The molecule has 0 spiro atoms. The van der Waals surface area contributed by atoms with Crippen molar-refractivity contribution in [3.05, 3.63) is 69.6 Å². The van der Waals surface area contributed by atoms with Crippen LogP contribution in [0.4, 0.5) is 4.39 Å². The van der Waals surface area contributed by atoms with Gasteiger partial charge in [-0.2, -0.15) is 0 Å². The maximum absolute atomic E-state index is 14.1. The fourth-order valence-corrected chi connectivity index (χ4v) is 4.69. The third kappa shape index (κ3) is 3.71. The molecule has 9 heteroatoms. The van der Waals surface area contributed by atoms with E-state index in [1.807, 2.05) is 39.8 Å². The van der Waals surface area contributed by atoms with Crippen LogP contribution in [0.2, 0.25) is 0 Å². The molecular weight excluding hydrogens is 436 g/mol. The zero-order valence-electron chi connectivity index (χ0n) is 19.9. The summed E-state index contributed by atoms with van der Waals surface area (Å²) in [5, 5.41) is 0.0789. The number of halogens is 1. The molecule has 3 heterocycles. The highest BCUT2D eigenvalue weighted by molar-refractivity contribution is 6.62. The molecule has 1 saturated carbocycles. The van der Waals surface area contributed by atoms with E-state index in [9.17, 15) is 14.0 Å². The van der Waals surface area contributed by atoms with E-state index in [1.165, 1.54) is 9.13 Å². The molecule has 1 aromatic carbocycles. The van der Waals surface area contributed by atoms with Crippen molar-refractivity contribution >= 4 is 23.6 Å². The summed E-state index contributed by atoms with van der Waals surface area (Å²) in [5.74, 6) is -0.621. The maximum Gasteiger partial charge on any atom is 0.494 e. The number of pyridine rings is 1. The molecule has 7 nitrogen and oxygen atoms in total. The van der Waals surface area contributed by atoms with Crippen LogP contribution in [0.1, 0.15) is 59.4 Å². The minimum Gasteiger partial charge on any atom is -0.399 e. The lowest BCUT2D eigenvalue weighted by Crippen LogP contribution is -2.43. The van der Waals surface area contributed by atoms with E-state index in [0.717, 1.165) is 30.6 Å². The number of fused-ring (bicyclic) bond motifs is 1. The monoisotopic (exact) mass is 464 g/mol. The van der Waals surface area contributed by atoms with Crippen molar-refractivity contribution < 1.29 is 13.7 Å². The average molecular weight is 464 g/mol. The van der Waals surface area contributed by atoms with Gasteiger partial charge < -0.3 is 9.31 Å². The predicted octanol–water partition coefficient (Wildman–Crippen LogP) is 3.31. The molecule has 1 saturated heterocycles. The Kier molecular flexibility index (Phi) is 5.52. The van der Waals surface area contributed by atoms with Crippen molar-refractivity contribution in [2.75, 3.05) is 0 Å². The summed E-state index contributed by atoms with van der Waals surface area (Å²) in [6.07, 6.45) is 6.22. The van der Waals surface area contributed by atoms with Gasteiger partial charge in [-0.15, -0.1) is 0 Å². The van der Waals surface area contributed by atoms with Gasteiger partial charge in [-0.1, -0.05) is 12.1 Å². The molecular formula is C25H28BFN3O4. The van der Waals surface area contributed by atoms with Gasteiger partial charge in [0, 0.05) is 6.04 Å². The molecule has 177 valence electrons. The van der Waals surface area contributed by atoms with E-state index in [2.05, 4.69) is 11.4 Å². The van der Waals surface area contributed by atoms with Crippen molar-refractivity contribution in [3.63, 3.8) is 0 Å². The van der Waals surface area contributed by atoms with Crippen molar-refractivity contribution in [2.24, 2.45) is 0 Å². The third-order valence-corrected chi connectivity index (χ3v) is 7.32. The second kappa shape index (κ2) is 8.17. The lowest BCUT2D eigenvalue weighted by Gasteiger charge is -2.32. The van der Waals surface area contributed by atoms with E-state index in [0.29, 0.717) is 18.5 Å². The van der Waals surface area contributed by atoms with Crippen LogP contribution in [0.15, 0.2) is 46.1 Å². The van der Waals surface area contributed by atoms with E-state index in [1.54, 1.807) is 12.1 Å². The lowest BCUT2D eigenvalue weighted by atomic mass is 9.79. The van der Waals surface area contributed by atoms with Gasteiger partial charge in [0.15, 0.2) is 5.65 Å². The molecule has 2 aromatic heterocycles. The largest absolute Gasteiger partial charge is 0.494 e. The summed E-state index contributed by atoms with van der Waals surface area (Å²) in [6.45, 7) is 7.91. The molecule has 1 radical (unpaired) electrons. The van der Waals surface area contributed by atoms with Gasteiger partial charge in [-0.3, -0.25) is 9.36 Å². The summed E-state index contributed by atoms with van der Waals surface area (Å²) < 4.78 is 29.1. The summed E-state index contributed by atoms with van der Waals surface area (Å²) in [6, 6.07) is 8.17. The predicted molar refractivity (Wildman–Crippen MR) is 129 cm³/mol. The van der Waals surface area contributed by atoms with Gasteiger partial charge >= 0.3 is 12.8 Å². The van der Waals surface area contributed by atoms with Crippen LogP contribution in [-0.2, 0) is 9.31 Å². The number of aromatic nitrogens is 3. The van der Waals surface area contributed by atoms with Crippen LogP contribution < -0.4 is 16.7 Å². The number of benzene rings is 1. The van der Waals surface area contributed by atoms with E-state index in [-0.39, 0.29) is 17.1 Å². The highest BCUT2D eigenvalue weighted by atomic mass is 19.1. The highest BCUT2D eigenvalue weighted by Crippen LogP contribution is 2.36. The van der Waals surface area contributed by atoms with Gasteiger partial charge in [-0.25, -0.2) is 18.7 Å². The summed E-state index contributed by atoms with van der Waals surface area (Å²) in [7, 11) is -0.614. The number of hydrogen-bond acceptors (Lipinski definition) is 5. The number of nitrogens with zero attached hydrogens (tertiary/aromatic N) is 3. The molecule has 1 aliphatic carbocycles. The van der Waals surface area contributed by atoms with Crippen LogP contribution in [-0.4, -0.2) is 32.4 Å². The molecule has 2 fully saturated rings. The van der Waals surface area contributed by atoms with E-state index >= 15 is 0 Å². The Morgan fingerprint density at radius 3 is 2.41 bits per heavy atom. The van der Waals surface area contributed by atoms with Gasteiger partial charge in [0.05, 0.1) is 28.5 Å². The second-order valence-electron chi connectivity index (χ2n) is 10.1. The first-order valence-electron chi connectivity index (χ1n) is 11.7. The Balaban J connectivity index is 1.70. The molecule has 3 aromatic rings. The molecule has 5 rings (SSSR count). The zero-order valence-corrected chi connectivity index (χ0v) is 19.9. The van der Waals surface area contributed by atoms with Gasteiger partial charge in [0.25, 0.3) is 5.56 Å². The Labute approximate surface area is 197 Å².